The first-order valence-electron chi connectivity index (χ1n) is 5.39. The molecule has 1 amide bonds. The Morgan fingerprint density at radius 3 is 2.74 bits per heavy atom. The molecule has 0 aliphatic heterocycles. The van der Waals surface area contributed by atoms with Gasteiger partial charge in [0.05, 0.1) is 12.1 Å². The molecule has 0 spiro atoms. The van der Waals surface area contributed by atoms with Crippen LogP contribution in [-0.4, -0.2) is 31.6 Å². The van der Waals surface area contributed by atoms with Crippen molar-refractivity contribution in [1.29, 1.82) is 0 Å². The van der Waals surface area contributed by atoms with Gasteiger partial charge in [0.25, 0.3) is 5.91 Å². The Morgan fingerprint density at radius 1 is 1.47 bits per heavy atom. The highest BCUT2D eigenvalue weighted by Gasteiger charge is 2.16. The second-order valence-electron chi connectivity index (χ2n) is 3.68. The molecule has 104 valence electrons. The number of nitrogens with one attached hydrogen (secondary N) is 1. The van der Waals surface area contributed by atoms with Gasteiger partial charge in [-0.3, -0.25) is 4.79 Å². The van der Waals surface area contributed by atoms with Gasteiger partial charge in [0.15, 0.2) is 6.61 Å². The van der Waals surface area contributed by atoms with E-state index in [-0.39, 0.29) is 6.61 Å². The maximum absolute atomic E-state index is 11.5. The fourth-order valence-corrected chi connectivity index (χ4v) is 1.98. The molecule has 7 heteroatoms. The lowest BCUT2D eigenvalue weighted by molar-refractivity contribution is -0.144. The van der Waals surface area contributed by atoms with Crippen molar-refractivity contribution < 1.29 is 19.1 Å². The zero-order chi connectivity index (χ0) is 14.4. The molecular formula is C12H13BrClNO4. The van der Waals surface area contributed by atoms with Crippen LogP contribution in [0.2, 0.25) is 5.02 Å². The van der Waals surface area contributed by atoms with E-state index in [4.69, 9.17) is 16.3 Å². The van der Waals surface area contributed by atoms with Crippen LogP contribution in [0.3, 0.4) is 0 Å². The third-order valence-electron chi connectivity index (χ3n) is 2.18. The number of carbonyl (C=O) groups is 2. The maximum Gasteiger partial charge on any atom is 0.328 e. The summed E-state index contributed by atoms with van der Waals surface area (Å²) >= 11 is 9.19. The fourth-order valence-electron chi connectivity index (χ4n) is 1.25. The molecule has 0 aliphatic carbocycles. The second-order valence-corrected chi connectivity index (χ2v) is 5.00. The molecule has 1 rings (SSSR count). The molecule has 0 saturated heterocycles. The topological polar surface area (TPSA) is 64.6 Å². The van der Waals surface area contributed by atoms with Crippen LogP contribution in [0.25, 0.3) is 0 Å². The maximum atomic E-state index is 11.5. The Bertz CT molecular complexity index is 481. The van der Waals surface area contributed by atoms with Crippen molar-refractivity contribution in [3.8, 4) is 5.75 Å². The van der Waals surface area contributed by atoms with Crippen LogP contribution in [0.15, 0.2) is 22.7 Å². The zero-order valence-electron chi connectivity index (χ0n) is 10.4. The van der Waals surface area contributed by atoms with Crippen LogP contribution in [0.5, 0.6) is 5.75 Å². The zero-order valence-corrected chi connectivity index (χ0v) is 12.7. The number of rotatable bonds is 5. The molecule has 0 fully saturated rings. The molecule has 0 bridgehead atoms. The molecule has 1 unspecified atom stereocenters. The fraction of sp³-hybridized carbons (Fsp3) is 0.333. The number of methoxy groups -OCH3 is 1. The largest absolute Gasteiger partial charge is 0.482 e. The average Bonchev–Trinajstić information content (AvgIpc) is 2.36. The van der Waals surface area contributed by atoms with Gasteiger partial charge in [-0.25, -0.2) is 4.79 Å². The summed E-state index contributed by atoms with van der Waals surface area (Å²) in [5.74, 6) is -0.558. The van der Waals surface area contributed by atoms with Crippen molar-refractivity contribution in [2.45, 2.75) is 13.0 Å². The van der Waals surface area contributed by atoms with Gasteiger partial charge in [0, 0.05) is 4.47 Å². The number of esters is 1. The third-order valence-corrected chi connectivity index (χ3v) is 2.97. The lowest BCUT2D eigenvalue weighted by Crippen LogP contribution is -2.41. The Labute approximate surface area is 124 Å². The van der Waals surface area contributed by atoms with Gasteiger partial charge in [-0.2, -0.15) is 0 Å². The predicted molar refractivity (Wildman–Crippen MR) is 74.3 cm³/mol. The van der Waals surface area contributed by atoms with E-state index in [1.54, 1.807) is 18.2 Å². The summed E-state index contributed by atoms with van der Waals surface area (Å²) in [6.07, 6.45) is 0. The van der Waals surface area contributed by atoms with Gasteiger partial charge in [-0.1, -0.05) is 27.5 Å². The molecule has 1 aromatic rings. The molecule has 19 heavy (non-hydrogen) atoms. The molecule has 0 radical (unpaired) electrons. The molecule has 5 nitrogen and oxygen atoms in total. The van der Waals surface area contributed by atoms with E-state index in [0.29, 0.717) is 10.8 Å². The first kappa shape index (κ1) is 15.8. The minimum Gasteiger partial charge on any atom is -0.482 e. The van der Waals surface area contributed by atoms with Gasteiger partial charge in [0.2, 0.25) is 0 Å². The SMILES string of the molecule is COC(=O)C(C)NC(=O)COc1ccc(Br)cc1Cl. The van der Waals surface area contributed by atoms with Crippen molar-refractivity contribution in [3.05, 3.63) is 27.7 Å². The van der Waals surface area contributed by atoms with Crippen molar-refractivity contribution >= 4 is 39.4 Å². The van der Waals surface area contributed by atoms with E-state index in [2.05, 4.69) is 26.0 Å². The molecule has 1 atom stereocenters. The Morgan fingerprint density at radius 2 is 2.16 bits per heavy atom. The van der Waals surface area contributed by atoms with Crippen LogP contribution >= 0.6 is 27.5 Å². The third kappa shape index (κ3) is 5.08. The Balaban J connectivity index is 2.48. The number of hydrogen-bond donors (Lipinski definition) is 1. The van der Waals surface area contributed by atoms with Crippen LogP contribution in [0, 0.1) is 0 Å². The van der Waals surface area contributed by atoms with Gasteiger partial charge in [-0.05, 0) is 25.1 Å². The van der Waals surface area contributed by atoms with Crippen LogP contribution in [-0.2, 0) is 14.3 Å². The predicted octanol–water partition coefficient (Wildman–Crippen LogP) is 2.16. The van der Waals surface area contributed by atoms with Crippen molar-refractivity contribution in [3.63, 3.8) is 0 Å². The summed E-state index contributed by atoms with van der Waals surface area (Å²) in [6, 6.07) is 4.33. The standard InChI is InChI=1S/C12H13BrClNO4/c1-7(12(17)18-2)15-11(16)6-19-10-4-3-8(13)5-9(10)14/h3-5,7H,6H2,1-2H3,(H,15,16). The van der Waals surface area contributed by atoms with E-state index < -0.39 is 17.9 Å². The lowest BCUT2D eigenvalue weighted by atomic mass is 10.3. The number of ether oxygens (including phenoxy) is 2. The summed E-state index contributed by atoms with van der Waals surface area (Å²) in [5.41, 5.74) is 0. The Hall–Kier alpha value is -1.27. The summed E-state index contributed by atoms with van der Waals surface area (Å²) in [6.45, 7) is 1.29. The quantitative estimate of drug-likeness (QED) is 0.827. The average molecular weight is 351 g/mol. The van der Waals surface area contributed by atoms with E-state index in [0.717, 1.165) is 4.47 Å². The molecule has 0 aliphatic rings. The lowest BCUT2D eigenvalue weighted by Gasteiger charge is -2.12. The summed E-state index contributed by atoms with van der Waals surface area (Å²) in [5, 5.41) is 2.83. The van der Waals surface area contributed by atoms with Crippen LogP contribution < -0.4 is 10.1 Å². The molecule has 0 saturated carbocycles. The first-order chi connectivity index (χ1) is 8.93. The molecule has 1 aromatic carbocycles. The van der Waals surface area contributed by atoms with Crippen molar-refractivity contribution in [2.75, 3.05) is 13.7 Å². The monoisotopic (exact) mass is 349 g/mol. The molecule has 0 aromatic heterocycles. The van der Waals surface area contributed by atoms with E-state index in [1.807, 2.05) is 0 Å². The number of halogens is 2. The molecule has 0 heterocycles. The summed E-state index contributed by atoms with van der Waals surface area (Å²) in [4.78, 5) is 22.6. The summed E-state index contributed by atoms with van der Waals surface area (Å²) < 4.78 is 10.6. The van der Waals surface area contributed by atoms with Crippen LogP contribution in [0.1, 0.15) is 6.92 Å². The first-order valence-corrected chi connectivity index (χ1v) is 6.56. The second kappa shape index (κ2) is 7.35. The van der Waals surface area contributed by atoms with Gasteiger partial charge in [0.1, 0.15) is 11.8 Å². The number of amides is 1. The highest BCUT2D eigenvalue weighted by molar-refractivity contribution is 9.10. The van der Waals surface area contributed by atoms with E-state index in [1.165, 1.54) is 14.0 Å². The Kier molecular flexibility index (Phi) is 6.11. The van der Waals surface area contributed by atoms with Crippen molar-refractivity contribution in [2.24, 2.45) is 0 Å². The number of carbonyl (C=O) groups excluding carboxylic acids is 2. The minimum absolute atomic E-state index is 0.233. The van der Waals surface area contributed by atoms with Gasteiger partial charge >= 0.3 is 5.97 Å². The highest BCUT2D eigenvalue weighted by atomic mass is 79.9. The van der Waals surface area contributed by atoms with Crippen molar-refractivity contribution in [1.82, 2.24) is 5.32 Å². The molecule has 1 N–H and O–H groups in total. The minimum atomic E-state index is -0.721. The van der Waals surface area contributed by atoms with Crippen LogP contribution in [0.4, 0.5) is 0 Å². The van der Waals surface area contributed by atoms with E-state index in [9.17, 15) is 9.59 Å². The smallest absolute Gasteiger partial charge is 0.328 e. The normalized spacial score (nSPS) is 11.6. The highest BCUT2D eigenvalue weighted by Crippen LogP contribution is 2.27. The van der Waals surface area contributed by atoms with E-state index >= 15 is 0 Å². The number of benzene rings is 1. The van der Waals surface area contributed by atoms with Gasteiger partial charge < -0.3 is 14.8 Å². The number of hydrogen-bond acceptors (Lipinski definition) is 4. The van der Waals surface area contributed by atoms with Gasteiger partial charge in [-0.15, -0.1) is 0 Å². The summed E-state index contributed by atoms with van der Waals surface area (Å²) in [7, 11) is 1.25. The molecular weight excluding hydrogens is 337 g/mol.